The van der Waals surface area contributed by atoms with E-state index in [0.717, 1.165) is 0 Å². The first-order chi connectivity index (χ1) is 16.3. The molecule has 2 aliphatic heterocycles. The number of hydrogen-bond acceptors (Lipinski definition) is 6. The molecule has 12 heteroatoms. The smallest absolute Gasteiger partial charge is 0.251 e. The van der Waals surface area contributed by atoms with E-state index in [1.807, 2.05) is 4.90 Å². The van der Waals surface area contributed by atoms with Gasteiger partial charge in [0.2, 0.25) is 10.0 Å². The van der Waals surface area contributed by atoms with E-state index < -0.39 is 15.8 Å². The lowest BCUT2D eigenvalue weighted by Gasteiger charge is -2.29. The van der Waals surface area contributed by atoms with Crippen LogP contribution in [0.25, 0.3) is 0 Å². The summed E-state index contributed by atoms with van der Waals surface area (Å²) in [6.07, 6.45) is 1.26. The third-order valence-corrected chi connectivity index (χ3v) is 9.74. The minimum atomic E-state index is -3.66. The Hall–Kier alpha value is -1.79. The zero-order chi connectivity index (χ0) is 24.0. The normalized spacial score (nSPS) is 24.7. The number of carbonyl (C=O) groups excluding carboxylic acids is 1. The molecule has 2 saturated heterocycles. The van der Waals surface area contributed by atoms with Gasteiger partial charge in [0, 0.05) is 44.5 Å². The summed E-state index contributed by atoms with van der Waals surface area (Å²) in [5.74, 6) is -0.164. The third kappa shape index (κ3) is 4.56. The van der Waals surface area contributed by atoms with Gasteiger partial charge in [0.25, 0.3) is 5.91 Å². The molecule has 182 valence electrons. The molecule has 1 aliphatic carbocycles. The highest BCUT2D eigenvalue weighted by Gasteiger charge is 2.57. The summed E-state index contributed by atoms with van der Waals surface area (Å²) >= 11 is 9.08. The molecule has 8 nitrogen and oxygen atoms in total. The molecule has 2 aromatic rings. The molecule has 3 fully saturated rings. The van der Waals surface area contributed by atoms with Gasteiger partial charge < -0.3 is 15.0 Å². The summed E-state index contributed by atoms with van der Waals surface area (Å²) in [5.41, 5.74) is 0.742. The Morgan fingerprint density at radius 2 is 1.94 bits per heavy atom. The van der Waals surface area contributed by atoms with E-state index in [1.165, 1.54) is 22.6 Å². The molecule has 1 aromatic heterocycles. The maximum atomic E-state index is 14.6. The monoisotopic (exact) mass is 572 g/mol. The number of rotatable bonds is 6. The van der Waals surface area contributed by atoms with Crippen molar-refractivity contribution in [2.75, 3.05) is 50.8 Å². The number of morpholine rings is 1. The Morgan fingerprint density at radius 3 is 2.59 bits per heavy atom. The largest absolute Gasteiger partial charge is 0.378 e. The van der Waals surface area contributed by atoms with Crippen LogP contribution in [0.15, 0.2) is 39.8 Å². The van der Waals surface area contributed by atoms with Gasteiger partial charge in [-0.2, -0.15) is 4.31 Å². The van der Waals surface area contributed by atoms with E-state index >= 15 is 0 Å². The van der Waals surface area contributed by atoms with Gasteiger partial charge in [0.05, 0.1) is 23.4 Å². The minimum Gasteiger partial charge on any atom is -0.378 e. The fourth-order valence-electron chi connectivity index (χ4n) is 4.83. The maximum absolute atomic E-state index is 14.6. The van der Waals surface area contributed by atoms with Crippen LogP contribution in [0.5, 0.6) is 0 Å². The van der Waals surface area contributed by atoms with Crippen LogP contribution in [-0.4, -0.2) is 69.6 Å². The van der Waals surface area contributed by atoms with Crippen LogP contribution in [0.3, 0.4) is 0 Å². The lowest BCUT2D eigenvalue weighted by Crippen LogP contribution is -2.37. The number of nitrogens with zero attached hydrogens (tertiary/aromatic N) is 3. The van der Waals surface area contributed by atoms with Crippen LogP contribution >= 0.6 is 27.5 Å². The summed E-state index contributed by atoms with van der Waals surface area (Å²) in [5, 5.41) is 3.08. The number of fused-ring (bicyclic) bond motifs is 1. The van der Waals surface area contributed by atoms with Gasteiger partial charge >= 0.3 is 0 Å². The average Bonchev–Trinajstić information content (AvgIpc) is 3.27. The molecule has 2 unspecified atom stereocenters. The Morgan fingerprint density at radius 1 is 1.24 bits per heavy atom. The van der Waals surface area contributed by atoms with Crippen LogP contribution in [0, 0.1) is 23.6 Å². The Balaban J connectivity index is 1.14. The number of hydrogen-bond donors (Lipinski definition) is 1. The highest BCUT2D eigenvalue weighted by Crippen LogP contribution is 2.52. The Kier molecular flexibility index (Phi) is 6.58. The number of pyridine rings is 1. The lowest BCUT2D eigenvalue weighted by atomic mass is 10.1. The van der Waals surface area contributed by atoms with Crippen molar-refractivity contribution < 1.29 is 22.3 Å². The first-order valence-electron chi connectivity index (χ1n) is 11.0. The molecule has 34 heavy (non-hydrogen) atoms. The predicted molar refractivity (Wildman–Crippen MR) is 128 cm³/mol. The van der Waals surface area contributed by atoms with Crippen molar-refractivity contribution >= 4 is 49.1 Å². The number of anilines is 1. The molecular formula is C22H23BrClFN4O4S. The van der Waals surface area contributed by atoms with E-state index in [-0.39, 0.29) is 39.3 Å². The van der Waals surface area contributed by atoms with E-state index in [2.05, 4.69) is 26.2 Å². The fourth-order valence-corrected chi connectivity index (χ4v) is 6.92. The van der Waals surface area contributed by atoms with Crippen LogP contribution in [-0.2, 0) is 14.8 Å². The van der Waals surface area contributed by atoms with Gasteiger partial charge in [-0.25, -0.2) is 17.8 Å². The molecule has 1 amide bonds. The van der Waals surface area contributed by atoms with Gasteiger partial charge in [-0.05, 0) is 57.9 Å². The highest BCUT2D eigenvalue weighted by atomic mass is 79.9. The van der Waals surface area contributed by atoms with Crippen molar-refractivity contribution in [3.8, 4) is 0 Å². The molecule has 1 saturated carbocycles. The number of piperidine rings is 1. The molecule has 1 N–H and O–H groups in total. The summed E-state index contributed by atoms with van der Waals surface area (Å²) in [7, 11) is -3.66. The fraction of sp³-hybridized carbons (Fsp3) is 0.455. The Bertz CT molecular complexity index is 1220. The molecule has 5 rings (SSSR count). The first kappa shape index (κ1) is 23.9. The highest BCUT2D eigenvalue weighted by molar-refractivity contribution is 9.10. The standard InChI is InChI=1S/C22H23BrClFN4O4S/c23-18-8-14(9-26-21(18)24)34(31,32)29-11-16-15(17(16)12-29)10-27-22(30)13-1-2-20(19(25)7-13)28-3-5-33-6-4-28/h1-2,7-9,15-17H,3-6,10-12H2,(H,27,30). The minimum absolute atomic E-state index is 0.0949. The number of carbonyl (C=O) groups is 1. The van der Waals surface area contributed by atoms with Crippen molar-refractivity contribution in [3.05, 3.63) is 51.5 Å². The second kappa shape index (κ2) is 9.34. The molecule has 0 radical (unpaired) electrons. The van der Waals surface area contributed by atoms with Crippen LogP contribution in [0.1, 0.15) is 10.4 Å². The van der Waals surface area contributed by atoms with Gasteiger partial charge in [-0.3, -0.25) is 4.79 Å². The van der Waals surface area contributed by atoms with Crippen molar-refractivity contribution in [3.63, 3.8) is 0 Å². The third-order valence-electron chi connectivity index (χ3n) is 6.81. The Labute approximate surface area is 210 Å². The van der Waals surface area contributed by atoms with Crippen molar-refractivity contribution in [2.24, 2.45) is 17.8 Å². The topological polar surface area (TPSA) is 91.8 Å². The molecule has 1 aromatic carbocycles. The summed E-state index contributed by atoms with van der Waals surface area (Å²) in [6, 6.07) is 5.98. The van der Waals surface area contributed by atoms with Gasteiger partial charge in [-0.15, -0.1) is 0 Å². The quantitative estimate of drug-likeness (QED) is 0.535. The van der Waals surface area contributed by atoms with E-state index in [9.17, 15) is 17.6 Å². The van der Waals surface area contributed by atoms with E-state index in [1.54, 1.807) is 12.1 Å². The first-order valence-corrected chi connectivity index (χ1v) is 13.6. The molecule has 2 atom stereocenters. The van der Waals surface area contributed by atoms with Crippen LogP contribution in [0.2, 0.25) is 5.15 Å². The van der Waals surface area contributed by atoms with Crippen molar-refractivity contribution in [1.29, 1.82) is 0 Å². The number of halogens is 3. The average molecular weight is 574 g/mol. The van der Waals surface area contributed by atoms with Gasteiger partial charge in [0.1, 0.15) is 15.9 Å². The number of ether oxygens (including phenoxy) is 1. The SMILES string of the molecule is O=C(NCC1C2CN(S(=O)(=O)c3cnc(Cl)c(Br)c3)CC12)c1ccc(N2CCOCC2)c(F)c1. The maximum Gasteiger partial charge on any atom is 0.251 e. The number of amides is 1. The number of aromatic nitrogens is 1. The van der Waals surface area contributed by atoms with Crippen molar-refractivity contribution in [1.82, 2.24) is 14.6 Å². The van der Waals surface area contributed by atoms with Crippen molar-refractivity contribution in [2.45, 2.75) is 4.90 Å². The number of benzene rings is 1. The second-order valence-electron chi connectivity index (χ2n) is 8.73. The van der Waals surface area contributed by atoms with E-state index in [0.29, 0.717) is 56.1 Å². The predicted octanol–water partition coefficient (Wildman–Crippen LogP) is 2.77. The van der Waals surface area contributed by atoms with Crippen LogP contribution in [0.4, 0.5) is 10.1 Å². The zero-order valence-corrected chi connectivity index (χ0v) is 21.2. The molecule has 3 heterocycles. The van der Waals surface area contributed by atoms with Gasteiger partial charge in [-0.1, -0.05) is 11.6 Å². The van der Waals surface area contributed by atoms with Crippen LogP contribution < -0.4 is 10.2 Å². The lowest BCUT2D eigenvalue weighted by molar-refractivity contribution is 0.0949. The molecule has 3 aliphatic rings. The number of nitrogens with one attached hydrogen (secondary N) is 1. The zero-order valence-electron chi connectivity index (χ0n) is 18.1. The molecular weight excluding hydrogens is 551 g/mol. The van der Waals surface area contributed by atoms with E-state index in [4.69, 9.17) is 16.3 Å². The summed E-state index contributed by atoms with van der Waals surface area (Å²) in [4.78, 5) is 18.5. The molecule has 0 spiro atoms. The second-order valence-corrected chi connectivity index (χ2v) is 11.9. The molecule has 0 bridgehead atoms. The summed E-state index contributed by atoms with van der Waals surface area (Å²) in [6.45, 7) is 3.57. The number of sulfonamides is 1. The summed E-state index contributed by atoms with van der Waals surface area (Å²) < 4.78 is 47.6. The van der Waals surface area contributed by atoms with Gasteiger partial charge in [0.15, 0.2) is 0 Å².